The highest BCUT2D eigenvalue weighted by Gasteiger charge is 2.40. The molecular formula is C19H24F3N3O2. The Hall–Kier alpha value is -2.09. The first-order valence-electron chi connectivity index (χ1n) is 9.29. The molecular weight excluding hydrogens is 359 g/mol. The summed E-state index contributed by atoms with van der Waals surface area (Å²) in [6.07, 6.45) is 2.07. The topological polar surface area (TPSA) is 52.7 Å². The molecule has 2 amide bonds. The number of anilines is 1. The Morgan fingerprint density at radius 2 is 1.89 bits per heavy atom. The van der Waals surface area contributed by atoms with Crippen molar-refractivity contribution in [1.82, 2.24) is 10.4 Å². The molecule has 1 unspecified atom stereocenters. The van der Waals surface area contributed by atoms with Crippen LogP contribution in [0, 0.1) is 17.0 Å². The minimum Gasteiger partial charge on any atom is -0.371 e. The third kappa shape index (κ3) is 3.81. The largest absolute Gasteiger partial charge is 0.371 e. The number of piperidine rings is 1. The van der Waals surface area contributed by atoms with Gasteiger partial charge in [-0.2, -0.15) is 0 Å². The summed E-state index contributed by atoms with van der Waals surface area (Å²) in [4.78, 5) is 24.5. The molecule has 1 N–H and O–H groups in total. The van der Waals surface area contributed by atoms with E-state index in [1.54, 1.807) is 6.92 Å². The predicted octanol–water partition coefficient (Wildman–Crippen LogP) is 2.91. The van der Waals surface area contributed by atoms with Gasteiger partial charge in [0.1, 0.15) is 11.6 Å². The Labute approximate surface area is 156 Å². The molecule has 148 valence electrons. The Bertz CT molecular complexity index is 691. The first kappa shape index (κ1) is 19.7. The summed E-state index contributed by atoms with van der Waals surface area (Å²) in [6, 6.07) is 2.41. The fraction of sp³-hybridized carbons (Fsp3) is 0.579. The maximum atomic E-state index is 14.7. The van der Waals surface area contributed by atoms with Crippen molar-refractivity contribution in [1.29, 1.82) is 0 Å². The van der Waals surface area contributed by atoms with Crippen LogP contribution in [0.2, 0.25) is 0 Å². The lowest BCUT2D eigenvalue weighted by Crippen LogP contribution is -2.58. The number of halogens is 3. The van der Waals surface area contributed by atoms with Crippen LogP contribution in [0.25, 0.3) is 0 Å². The van der Waals surface area contributed by atoms with Crippen molar-refractivity contribution >= 4 is 18.0 Å². The third-order valence-corrected chi connectivity index (χ3v) is 5.78. The molecule has 1 spiro atoms. The van der Waals surface area contributed by atoms with E-state index >= 15 is 0 Å². The number of nitrogens with one attached hydrogen (secondary N) is 1. The zero-order valence-corrected chi connectivity index (χ0v) is 15.3. The summed E-state index contributed by atoms with van der Waals surface area (Å²) in [5.41, 5.74) is 0.254. The van der Waals surface area contributed by atoms with Crippen LogP contribution in [-0.2, 0) is 9.59 Å². The second kappa shape index (κ2) is 7.88. The highest BCUT2D eigenvalue weighted by molar-refractivity contribution is 5.90. The molecule has 0 bridgehead atoms. The molecule has 2 aliphatic heterocycles. The second-order valence-electron chi connectivity index (χ2n) is 7.51. The van der Waals surface area contributed by atoms with Gasteiger partial charge in [-0.3, -0.25) is 9.59 Å². The van der Waals surface area contributed by atoms with Crippen molar-refractivity contribution < 1.29 is 22.9 Å². The summed E-state index contributed by atoms with van der Waals surface area (Å²) in [6.45, 7) is 5.10. The quantitative estimate of drug-likeness (QED) is 0.606. The van der Waals surface area contributed by atoms with Gasteiger partial charge in [0, 0.05) is 37.4 Å². The number of nitrogens with zero attached hydrogens (tertiary/aromatic N) is 2. The zero-order valence-electron chi connectivity index (χ0n) is 15.3. The maximum Gasteiger partial charge on any atom is 0.265 e. The predicted molar refractivity (Wildman–Crippen MR) is 94.8 cm³/mol. The molecule has 0 aromatic heterocycles. The van der Waals surface area contributed by atoms with Crippen LogP contribution < -0.4 is 10.2 Å². The molecule has 0 radical (unpaired) electrons. The van der Waals surface area contributed by atoms with Gasteiger partial charge in [-0.05, 0) is 36.8 Å². The molecule has 5 nitrogen and oxygen atoms in total. The number of hydrogen-bond acceptors (Lipinski definition) is 4. The van der Waals surface area contributed by atoms with Gasteiger partial charge >= 0.3 is 0 Å². The summed E-state index contributed by atoms with van der Waals surface area (Å²) >= 11 is 0. The van der Waals surface area contributed by atoms with Crippen LogP contribution in [0.3, 0.4) is 0 Å². The average molecular weight is 383 g/mol. The van der Waals surface area contributed by atoms with Crippen LogP contribution in [0.1, 0.15) is 44.1 Å². The lowest BCUT2D eigenvalue weighted by molar-refractivity contribution is -0.155. The first-order chi connectivity index (χ1) is 12.9. The van der Waals surface area contributed by atoms with E-state index in [0.717, 1.165) is 25.9 Å². The average Bonchev–Trinajstić information content (AvgIpc) is 2.64. The lowest BCUT2D eigenvalue weighted by Gasteiger charge is -2.49. The summed E-state index contributed by atoms with van der Waals surface area (Å²) < 4.78 is 42.9. The molecule has 1 aromatic rings. The molecule has 1 atom stereocenters. The molecule has 27 heavy (non-hydrogen) atoms. The Balaban J connectivity index is 1.83. The number of amides is 2. The van der Waals surface area contributed by atoms with Crippen LogP contribution in [0.5, 0.6) is 0 Å². The van der Waals surface area contributed by atoms with E-state index in [2.05, 4.69) is 5.32 Å². The highest BCUT2D eigenvalue weighted by atomic mass is 19.2. The van der Waals surface area contributed by atoms with Gasteiger partial charge < -0.3 is 10.2 Å². The minimum atomic E-state index is -1.37. The molecule has 3 rings (SSSR count). The standard InChI is InChI=1S/C19H24F3N3O2/c1-2-3-14(18(27)25(22)12-26)17-15(20)8-13(9-16(17)21)24-6-4-19(5-7-24)10-23-11-19/h8-9,12,14,23H,2-7,10-11H2,1H3. The van der Waals surface area contributed by atoms with E-state index in [1.165, 1.54) is 12.1 Å². The molecule has 0 saturated carbocycles. The molecule has 0 aliphatic carbocycles. The van der Waals surface area contributed by atoms with Crippen LogP contribution in [0.4, 0.5) is 18.9 Å². The van der Waals surface area contributed by atoms with Crippen LogP contribution >= 0.6 is 0 Å². The summed E-state index contributed by atoms with van der Waals surface area (Å²) in [5.74, 6) is -4.40. The van der Waals surface area contributed by atoms with Crippen molar-refractivity contribution in [3.8, 4) is 0 Å². The second-order valence-corrected chi connectivity index (χ2v) is 7.51. The van der Waals surface area contributed by atoms with Crippen LogP contribution in [-0.4, -0.2) is 43.6 Å². The van der Waals surface area contributed by atoms with Gasteiger partial charge in [0.15, 0.2) is 0 Å². The number of carbonyl (C=O) groups is 2. The molecule has 8 heteroatoms. The van der Waals surface area contributed by atoms with Gasteiger partial charge in [0.25, 0.3) is 5.91 Å². The molecule has 2 heterocycles. The normalized spacial score (nSPS) is 19.5. The van der Waals surface area contributed by atoms with Crippen molar-refractivity contribution in [2.24, 2.45) is 5.41 Å². The highest BCUT2D eigenvalue weighted by Crippen LogP contribution is 2.38. The lowest BCUT2D eigenvalue weighted by atomic mass is 9.73. The van der Waals surface area contributed by atoms with Crippen molar-refractivity contribution in [3.63, 3.8) is 0 Å². The third-order valence-electron chi connectivity index (χ3n) is 5.78. The molecule has 2 aliphatic rings. The maximum absolute atomic E-state index is 14.7. The van der Waals surface area contributed by atoms with E-state index in [0.29, 0.717) is 30.6 Å². The fourth-order valence-corrected chi connectivity index (χ4v) is 4.04. The number of imide groups is 1. The smallest absolute Gasteiger partial charge is 0.265 e. The zero-order chi connectivity index (χ0) is 19.6. The monoisotopic (exact) mass is 383 g/mol. The molecule has 2 saturated heterocycles. The van der Waals surface area contributed by atoms with Crippen LogP contribution in [0.15, 0.2) is 12.1 Å². The number of hydrogen-bond donors (Lipinski definition) is 1. The SMILES string of the molecule is CCCC(C(=O)N(F)C=O)c1c(F)cc(N2CCC3(CC2)CNC3)cc1F. The molecule has 1 aromatic carbocycles. The van der Waals surface area contributed by atoms with Crippen molar-refractivity contribution in [3.05, 3.63) is 29.3 Å². The summed E-state index contributed by atoms with van der Waals surface area (Å²) in [7, 11) is 0. The van der Waals surface area contributed by atoms with E-state index < -0.39 is 34.1 Å². The fourth-order valence-electron chi connectivity index (χ4n) is 4.04. The van der Waals surface area contributed by atoms with E-state index in [-0.39, 0.29) is 12.8 Å². The number of carbonyl (C=O) groups excluding carboxylic acids is 2. The van der Waals surface area contributed by atoms with Gasteiger partial charge in [-0.1, -0.05) is 17.8 Å². The molecule has 2 fully saturated rings. The first-order valence-corrected chi connectivity index (χ1v) is 9.29. The Morgan fingerprint density at radius 3 is 2.33 bits per heavy atom. The van der Waals surface area contributed by atoms with Crippen molar-refractivity contribution in [2.75, 3.05) is 31.1 Å². The number of rotatable bonds is 6. The Kier molecular flexibility index (Phi) is 5.74. The van der Waals surface area contributed by atoms with Gasteiger partial charge in [-0.15, -0.1) is 5.12 Å². The van der Waals surface area contributed by atoms with E-state index in [9.17, 15) is 22.9 Å². The van der Waals surface area contributed by atoms with Gasteiger partial charge in [0.2, 0.25) is 6.41 Å². The minimum absolute atomic E-state index is 0.0412. The van der Waals surface area contributed by atoms with E-state index in [1.807, 2.05) is 4.90 Å². The summed E-state index contributed by atoms with van der Waals surface area (Å²) in [5, 5.41) is 2.62. The van der Waals surface area contributed by atoms with Crippen molar-refractivity contribution in [2.45, 2.75) is 38.5 Å². The van der Waals surface area contributed by atoms with E-state index in [4.69, 9.17) is 0 Å². The number of benzene rings is 1. The van der Waals surface area contributed by atoms with Gasteiger partial charge in [0.05, 0.1) is 5.92 Å². The van der Waals surface area contributed by atoms with Gasteiger partial charge in [-0.25, -0.2) is 8.78 Å². The Morgan fingerprint density at radius 1 is 1.30 bits per heavy atom.